The van der Waals surface area contributed by atoms with E-state index in [2.05, 4.69) is 144 Å². The molecule has 2 heterocycles. The summed E-state index contributed by atoms with van der Waals surface area (Å²) in [6.45, 7) is 0. The van der Waals surface area contributed by atoms with Gasteiger partial charge in [-0.2, -0.15) is 0 Å². The van der Waals surface area contributed by atoms with Crippen LogP contribution in [0.2, 0.25) is 0 Å². The first-order chi connectivity index (χ1) is 25.2. The van der Waals surface area contributed by atoms with Gasteiger partial charge in [-0.3, -0.25) is 0 Å². The van der Waals surface area contributed by atoms with Crippen LogP contribution in [0.1, 0.15) is 0 Å². The van der Waals surface area contributed by atoms with Gasteiger partial charge in [0.1, 0.15) is 16.7 Å². The zero-order valence-electron chi connectivity index (χ0n) is 27.5. The molecule has 10 aromatic rings. The molecule has 0 aliphatic carbocycles. The lowest BCUT2D eigenvalue weighted by Gasteiger charge is -2.28. The Bertz CT molecular complexity index is 2850. The van der Waals surface area contributed by atoms with Crippen LogP contribution in [0.5, 0.6) is 0 Å². The molecule has 4 nitrogen and oxygen atoms in total. The number of benzene rings is 8. The zero-order chi connectivity index (χ0) is 33.7. The first-order valence-electron chi connectivity index (χ1n) is 17.1. The Morgan fingerprint density at radius 3 is 1.88 bits per heavy atom. The van der Waals surface area contributed by atoms with Crippen molar-refractivity contribution >= 4 is 60.9 Å². The summed E-state index contributed by atoms with van der Waals surface area (Å²) in [5.41, 5.74) is 11.8. The molecule has 0 spiro atoms. The molecule has 0 unspecified atom stereocenters. The second-order valence-electron chi connectivity index (χ2n) is 12.8. The molecule has 0 N–H and O–H groups in total. The van der Waals surface area contributed by atoms with Crippen LogP contribution in [-0.2, 0) is 0 Å². The number of nitrogens with zero attached hydrogens (tertiary/aromatic N) is 2. The minimum absolute atomic E-state index is 0.601. The largest absolute Gasteiger partial charge is 0.456 e. The monoisotopic (exact) mass is 654 g/mol. The molecule has 0 amide bonds. The molecule has 0 radical (unpaired) electrons. The van der Waals surface area contributed by atoms with E-state index in [9.17, 15) is 0 Å². The van der Waals surface area contributed by atoms with Gasteiger partial charge in [-0.25, -0.2) is 4.98 Å². The first kappa shape index (κ1) is 29.0. The van der Waals surface area contributed by atoms with E-state index in [1.54, 1.807) is 0 Å². The Kier molecular flexibility index (Phi) is 6.78. The third kappa shape index (κ3) is 5.13. The Hall–Kier alpha value is -6.91. The number of aromatic nitrogens is 1. The Morgan fingerprint density at radius 1 is 0.392 bits per heavy atom. The van der Waals surface area contributed by atoms with Crippen molar-refractivity contribution in [1.82, 2.24) is 4.98 Å². The fraction of sp³-hybridized carbons (Fsp3) is 0. The molecule has 0 aliphatic rings. The van der Waals surface area contributed by atoms with Gasteiger partial charge in [-0.1, -0.05) is 115 Å². The fourth-order valence-electron chi connectivity index (χ4n) is 7.16. The molecule has 0 bridgehead atoms. The van der Waals surface area contributed by atoms with Gasteiger partial charge in [-0.15, -0.1) is 0 Å². The first-order valence-corrected chi connectivity index (χ1v) is 17.1. The summed E-state index contributed by atoms with van der Waals surface area (Å²) in [6.07, 6.45) is 0. The maximum atomic E-state index is 6.56. The number of para-hydroxylation sites is 1. The van der Waals surface area contributed by atoms with Crippen LogP contribution < -0.4 is 4.90 Å². The Morgan fingerprint density at radius 2 is 1.06 bits per heavy atom. The number of hydrogen-bond acceptors (Lipinski definition) is 4. The highest BCUT2D eigenvalue weighted by Crippen LogP contribution is 2.43. The smallest absolute Gasteiger partial charge is 0.227 e. The topological polar surface area (TPSA) is 42.4 Å². The number of rotatable bonds is 6. The minimum atomic E-state index is 0.601. The SMILES string of the molecule is c1ccc(-c2nc3cc4oc5cc(N(c6ccc(-c7ccc8ccccc8c7)cc6)c6ccccc6-c6ccccc6)ccc5c4cc3o2)cc1. The number of anilines is 3. The molecule has 0 aliphatic heterocycles. The second kappa shape index (κ2) is 11.9. The number of fused-ring (bicyclic) bond motifs is 5. The Balaban J connectivity index is 1.10. The van der Waals surface area contributed by atoms with Gasteiger partial charge in [0.05, 0.1) is 5.69 Å². The van der Waals surface area contributed by atoms with Crippen molar-refractivity contribution in [3.8, 4) is 33.7 Å². The van der Waals surface area contributed by atoms with E-state index >= 15 is 0 Å². The maximum absolute atomic E-state index is 6.56. The summed E-state index contributed by atoms with van der Waals surface area (Å²) in [5, 5.41) is 4.49. The third-order valence-electron chi connectivity index (χ3n) is 9.68. The van der Waals surface area contributed by atoms with E-state index in [-0.39, 0.29) is 0 Å². The zero-order valence-corrected chi connectivity index (χ0v) is 27.5. The summed E-state index contributed by atoms with van der Waals surface area (Å²) in [6, 6.07) is 63.6. The van der Waals surface area contributed by atoms with E-state index in [0.29, 0.717) is 5.89 Å². The van der Waals surface area contributed by atoms with Gasteiger partial charge in [0.15, 0.2) is 5.58 Å². The number of hydrogen-bond donors (Lipinski definition) is 0. The van der Waals surface area contributed by atoms with Crippen molar-refractivity contribution in [1.29, 1.82) is 0 Å². The van der Waals surface area contributed by atoms with Crippen LogP contribution >= 0.6 is 0 Å². The number of furan rings is 1. The van der Waals surface area contributed by atoms with Gasteiger partial charge in [0, 0.05) is 45.4 Å². The lowest BCUT2D eigenvalue weighted by molar-refractivity contribution is 0.620. The Labute approximate surface area is 294 Å². The number of oxazole rings is 1. The van der Waals surface area contributed by atoms with Gasteiger partial charge in [0.25, 0.3) is 0 Å². The maximum Gasteiger partial charge on any atom is 0.227 e. The lowest BCUT2D eigenvalue weighted by atomic mass is 9.99. The molecule has 10 rings (SSSR count). The molecule has 240 valence electrons. The van der Waals surface area contributed by atoms with Crippen molar-refractivity contribution in [3.05, 3.63) is 182 Å². The molecule has 0 saturated carbocycles. The highest BCUT2D eigenvalue weighted by Gasteiger charge is 2.20. The molecule has 4 heteroatoms. The highest BCUT2D eigenvalue weighted by molar-refractivity contribution is 6.10. The molecular formula is C47H30N2O2. The van der Waals surface area contributed by atoms with Crippen LogP contribution in [0, 0.1) is 0 Å². The van der Waals surface area contributed by atoms with E-state index in [0.717, 1.165) is 66.8 Å². The summed E-state index contributed by atoms with van der Waals surface area (Å²) >= 11 is 0. The standard InChI is InChI=1S/C47H30N2O2/c1-3-12-33(13-4-1)39-17-9-10-18-43(39)49(37-23-21-32(22-24-37)36-20-19-31-11-7-8-16-35(31)27-36)38-25-26-40-41-29-46-42(30-45(41)50-44(40)28-38)48-47(51-46)34-14-5-2-6-15-34/h1-30H. The van der Waals surface area contributed by atoms with Crippen LogP contribution in [0.4, 0.5) is 17.1 Å². The van der Waals surface area contributed by atoms with Crippen molar-refractivity contribution in [3.63, 3.8) is 0 Å². The summed E-state index contributed by atoms with van der Waals surface area (Å²) in [4.78, 5) is 7.09. The third-order valence-corrected chi connectivity index (χ3v) is 9.68. The predicted octanol–water partition coefficient (Wildman–Crippen LogP) is 13.4. The van der Waals surface area contributed by atoms with Crippen LogP contribution in [-0.4, -0.2) is 4.98 Å². The molecule has 0 fully saturated rings. The van der Waals surface area contributed by atoms with Crippen molar-refractivity contribution in [2.75, 3.05) is 4.90 Å². The second-order valence-corrected chi connectivity index (χ2v) is 12.8. The highest BCUT2D eigenvalue weighted by atomic mass is 16.4. The van der Waals surface area contributed by atoms with Crippen molar-refractivity contribution in [2.45, 2.75) is 0 Å². The van der Waals surface area contributed by atoms with E-state index < -0.39 is 0 Å². The van der Waals surface area contributed by atoms with Gasteiger partial charge < -0.3 is 13.7 Å². The van der Waals surface area contributed by atoms with E-state index in [4.69, 9.17) is 13.8 Å². The molecule has 0 atom stereocenters. The molecule has 51 heavy (non-hydrogen) atoms. The van der Waals surface area contributed by atoms with E-state index in [1.165, 1.54) is 21.9 Å². The van der Waals surface area contributed by atoms with Crippen LogP contribution in [0.25, 0.3) is 77.5 Å². The van der Waals surface area contributed by atoms with E-state index in [1.807, 2.05) is 42.5 Å². The van der Waals surface area contributed by atoms with Crippen molar-refractivity contribution in [2.24, 2.45) is 0 Å². The average Bonchev–Trinajstić information content (AvgIpc) is 3.78. The fourth-order valence-corrected chi connectivity index (χ4v) is 7.16. The summed E-state index contributed by atoms with van der Waals surface area (Å²) in [5.74, 6) is 0.601. The molecule has 8 aromatic carbocycles. The van der Waals surface area contributed by atoms with Crippen LogP contribution in [0.3, 0.4) is 0 Å². The lowest BCUT2D eigenvalue weighted by Crippen LogP contribution is -2.11. The molecule has 0 saturated heterocycles. The normalized spacial score (nSPS) is 11.5. The van der Waals surface area contributed by atoms with Gasteiger partial charge in [-0.05, 0) is 82.1 Å². The molecular weight excluding hydrogens is 625 g/mol. The van der Waals surface area contributed by atoms with Gasteiger partial charge >= 0.3 is 0 Å². The summed E-state index contributed by atoms with van der Waals surface area (Å²) < 4.78 is 12.8. The molecule has 2 aromatic heterocycles. The van der Waals surface area contributed by atoms with Crippen LogP contribution in [0.15, 0.2) is 191 Å². The van der Waals surface area contributed by atoms with Crippen molar-refractivity contribution < 1.29 is 8.83 Å². The minimum Gasteiger partial charge on any atom is -0.456 e. The van der Waals surface area contributed by atoms with Gasteiger partial charge in [0.2, 0.25) is 5.89 Å². The summed E-state index contributed by atoms with van der Waals surface area (Å²) in [7, 11) is 0. The predicted molar refractivity (Wildman–Crippen MR) is 210 cm³/mol. The quantitative estimate of drug-likeness (QED) is 0.179. The average molecular weight is 655 g/mol.